The lowest BCUT2D eigenvalue weighted by atomic mass is 10.2. The van der Waals surface area contributed by atoms with Gasteiger partial charge in [0.15, 0.2) is 0 Å². The SMILES string of the molecule is O=C(C=Cc1cccc(Br)c1)NCc1ccccc1. The standard InChI is InChI=1S/C16H14BrNO/c17-15-8-4-7-13(11-15)9-10-16(19)18-12-14-5-2-1-3-6-14/h1-11H,12H2,(H,18,19). The third kappa shape index (κ3) is 4.72. The van der Waals surface area contributed by atoms with E-state index in [1.54, 1.807) is 12.2 Å². The van der Waals surface area contributed by atoms with Crippen molar-refractivity contribution in [3.63, 3.8) is 0 Å². The van der Waals surface area contributed by atoms with Crippen molar-refractivity contribution in [2.75, 3.05) is 0 Å². The molecule has 0 saturated heterocycles. The Morgan fingerprint density at radius 3 is 2.63 bits per heavy atom. The minimum atomic E-state index is -0.0937. The molecule has 0 aliphatic carbocycles. The third-order valence-electron chi connectivity index (χ3n) is 2.59. The molecule has 0 fully saturated rings. The number of rotatable bonds is 4. The molecule has 3 heteroatoms. The number of hydrogen-bond acceptors (Lipinski definition) is 1. The average Bonchev–Trinajstić information content (AvgIpc) is 2.44. The van der Waals surface area contributed by atoms with Crippen LogP contribution in [0.3, 0.4) is 0 Å². The fourth-order valence-electron chi connectivity index (χ4n) is 1.63. The van der Waals surface area contributed by atoms with Crippen LogP contribution in [-0.2, 0) is 11.3 Å². The molecular weight excluding hydrogens is 302 g/mol. The predicted octanol–water partition coefficient (Wildman–Crippen LogP) is 3.78. The Kier molecular flexibility index (Phi) is 4.93. The monoisotopic (exact) mass is 315 g/mol. The van der Waals surface area contributed by atoms with Crippen LogP contribution in [-0.4, -0.2) is 5.91 Å². The van der Waals surface area contributed by atoms with Crippen molar-refractivity contribution in [3.05, 3.63) is 76.3 Å². The Bertz CT molecular complexity index is 578. The number of carbonyl (C=O) groups excluding carboxylic acids is 1. The Balaban J connectivity index is 1.88. The number of benzene rings is 2. The summed E-state index contributed by atoms with van der Waals surface area (Å²) in [7, 11) is 0. The Morgan fingerprint density at radius 1 is 1.11 bits per heavy atom. The molecule has 0 aliphatic rings. The summed E-state index contributed by atoms with van der Waals surface area (Å²) < 4.78 is 0.999. The summed E-state index contributed by atoms with van der Waals surface area (Å²) in [5, 5.41) is 2.85. The maximum absolute atomic E-state index is 11.7. The zero-order valence-corrected chi connectivity index (χ0v) is 11.9. The van der Waals surface area contributed by atoms with Crippen LogP contribution in [0.4, 0.5) is 0 Å². The Hall–Kier alpha value is -1.87. The lowest BCUT2D eigenvalue weighted by Gasteiger charge is -2.01. The van der Waals surface area contributed by atoms with Gasteiger partial charge in [0.2, 0.25) is 5.91 Å². The molecule has 96 valence electrons. The van der Waals surface area contributed by atoms with Crippen LogP contribution in [0, 0.1) is 0 Å². The van der Waals surface area contributed by atoms with E-state index in [1.165, 1.54) is 0 Å². The van der Waals surface area contributed by atoms with Gasteiger partial charge in [-0.2, -0.15) is 0 Å². The lowest BCUT2D eigenvalue weighted by Crippen LogP contribution is -2.20. The van der Waals surface area contributed by atoms with E-state index in [1.807, 2.05) is 54.6 Å². The molecule has 0 aliphatic heterocycles. The Labute approximate surface area is 121 Å². The molecule has 2 aromatic carbocycles. The fraction of sp³-hybridized carbons (Fsp3) is 0.0625. The number of amides is 1. The summed E-state index contributed by atoms with van der Waals surface area (Å²) in [4.78, 5) is 11.7. The van der Waals surface area contributed by atoms with Crippen LogP contribution in [0.15, 0.2) is 65.1 Å². The van der Waals surface area contributed by atoms with Gasteiger partial charge in [-0.3, -0.25) is 4.79 Å². The van der Waals surface area contributed by atoms with Crippen LogP contribution >= 0.6 is 15.9 Å². The van der Waals surface area contributed by atoms with E-state index < -0.39 is 0 Å². The molecule has 0 unspecified atom stereocenters. The lowest BCUT2D eigenvalue weighted by molar-refractivity contribution is -0.116. The molecule has 1 N–H and O–H groups in total. The van der Waals surface area contributed by atoms with Crippen molar-refractivity contribution >= 4 is 27.9 Å². The van der Waals surface area contributed by atoms with Gasteiger partial charge in [-0.15, -0.1) is 0 Å². The minimum absolute atomic E-state index is 0.0937. The zero-order valence-electron chi connectivity index (χ0n) is 10.3. The highest BCUT2D eigenvalue weighted by atomic mass is 79.9. The van der Waals surface area contributed by atoms with Gasteiger partial charge in [0, 0.05) is 17.1 Å². The first-order valence-electron chi connectivity index (χ1n) is 5.99. The quantitative estimate of drug-likeness (QED) is 0.855. The first-order chi connectivity index (χ1) is 9.24. The van der Waals surface area contributed by atoms with Crippen LogP contribution in [0.2, 0.25) is 0 Å². The van der Waals surface area contributed by atoms with E-state index in [9.17, 15) is 4.79 Å². The third-order valence-corrected chi connectivity index (χ3v) is 3.08. The van der Waals surface area contributed by atoms with Gasteiger partial charge in [-0.1, -0.05) is 58.4 Å². The molecule has 2 rings (SSSR count). The topological polar surface area (TPSA) is 29.1 Å². The molecule has 0 aromatic heterocycles. The highest BCUT2D eigenvalue weighted by molar-refractivity contribution is 9.10. The molecule has 2 nitrogen and oxygen atoms in total. The van der Waals surface area contributed by atoms with E-state index in [0.717, 1.165) is 15.6 Å². The molecule has 0 radical (unpaired) electrons. The highest BCUT2D eigenvalue weighted by Crippen LogP contribution is 2.12. The second-order valence-corrected chi connectivity index (χ2v) is 5.01. The summed E-state index contributed by atoms with van der Waals surface area (Å²) in [6, 6.07) is 17.6. The van der Waals surface area contributed by atoms with Crippen molar-refractivity contribution in [1.29, 1.82) is 0 Å². The summed E-state index contributed by atoms with van der Waals surface area (Å²) in [5.41, 5.74) is 2.08. The largest absolute Gasteiger partial charge is 0.348 e. The summed E-state index contributed by atoms with van der Waals surface area (Å²) >= 11 is 3.40. The van der Waals surface area contributed by atoms with Crippen LogP contribution in [0.5, 0.6) is 0 Å². The summed E-state index contributed by atoms with van der Waals surface area (Å²) in [6.45, 7) is 0.544. The molecule has 0 bridgehead atoms. The molecule has 0 atom stereocenters. The normalized spacial score (nSPS) is 10.6. The zero-order chi connectivity index (χ0) is 13.5. The summed E-state index contributed by atoms with van der Waals surface area (Å²) in [5.74, 6) is -0.0937. The van der Waals surface area contributed by atoms with E-state index in [2.05, 4.69) is 21.2 Å². The van der Waals surface area contributed by atoms with Crippen molar-refractivity contribution in [3.8, 4) is 0 Å². The van der Waals surface area contributed by atoms with Crippen molar-refractivity contribution in [2.45, 2.75) is 6.54 Å². The van der Waals surface area contributed by atoms with Gasteiger partial charge in [-0.25, -0.2) is 0 Å². The number of hydrogen-bond donors (Lipinski definition) is 1. The fourth-order valence-corrected chi connectivity index (χ4v) is 2.04. The summed E-state index contributed by atoms with van der Waals surface area (Å²) in [6.07, 6.45) is 3.34. The van der Waals surface area contributed by atoms with Gasteiger partial charge >= 0.3 is 0 Å². The average molecular weight is 316 g/mol. The van der Waals surface area contributed by atoms with Crippen LogP contribution < -0.4 is 5.32 Å². The Morgan fingerprint density at radius 2 is 1.89 bits per heavy atom. The molecule has 0 heterocycles. The number of nitrogens with one attached hydrogen (secondary N) is 1. The first kappa shape index (κ1) is 13.6. The van der Waals surface area contributed by atoms with E-state index in [0.29, 0.717) is 6.54 Å². The van der Waals surface area contributed by atoms with E-state index in [-0.39, 0.29) is 5.91 Å². The van der Waals surface area contributed by atoms with Gasteiger partial charge < -0.3 is 5.32 Å². The van der Waals surface area contributed by atoms with Gasteiger partial charge in [0.25, 0.3) is 0 Å². The molecule has 0 spiro atoms. The first-order valence-corrected chi connectivity index (χ1v) is 6.79. The molecule has 1 amide bonds. The van der Waals surface area contributed by atoms with Crippen molar-refractivity contribution in [1.82, 2.24) is 5.32 Å². The smallest absolute Gasteiger partial charge is 0.244 e. The highest BCUT2D eigenvalue weighted by Gasteiger charge is 1.96. The van der Waals surface area contributed by atoms with Gasteiger partial charge in [0.1, 0.15) is 0 Å². The van der Waals surface area contributed by atoms with Crippen LogP contribution in [0.25, 0.3) is 6.08 Å². The molecule has 0 saturated carbocycles. The van der Waals surface area contributed by atoms with E-state index >= 15 is 0 Å². The molecular formula is C16H14BrNO. The second-order valence-electron chi connectivity index (χ2n) is 4.09. The molecule has 2 aromatic rings. The second kappa shape index (κ2) is 6.90. The number of halogens is 1. The number of carbonyl (C=O) groups is 1. The maximum atomic E-state index is 11.7. The van der Waals surface area contributed by atoms with Crippen LogP contribution in [0.1, 0.15) is 11.1 Å². The minimum Gasteiger partial charge on any atom is -0.348 e. The van der Waals surface area contributed by atoms with Gasteiger partial charge in [-0.05, 0) is 29.3 Å². The van der Waals surface area contributed by atoms with Gasteiger partial charge in [0.05, 0.1) is 0 Å². The predicted molar refractivity (Wildman–Crippen MR) is 81.5 cm³/mol. The van der Waals surface area contributed by atoms with Crippen molar-refractivity contribution < 1.29 is 4.79 Å². The van der Waals surface area contributed by atoms with Crippen molar-refractivity contribution in [2.24, 2.45) is 0 Å². The maximum Gasteiger partial charge on any atom is 0.244 e. The van der Waals surface area contributed by atoms with E-state index in [4.69, 9.17) is 0 Å². The molecule has 19 heavy (non-hydrogen) atoms.